The molecule has 0 bridgehead atoms. The van der Waals surface area contributed by atoms with Crippen LogP contribution in [-0.4, -0.2) is 26.7 Å². The van der Waals surface area contributed by atoms with Crippen LogP contribution >= 0.6 is 0 Å². The highest BCUT2D eigenvalue weighted by Crippen LogP contribution is 2.26. The van der Waals surface area contributed by atoms with Gasteiger partial charge in [0.15, 0.2) is 5.82 Å². The van der Waals surface area contributed by atoms with Crippen LogP contribution in [0.4, 0.5) is 10.5 Å². The molecule has 0 saturated carbocycles. The Morgan fingerprint density at radius 1 is 1.40 bits per heavy atom. The number of hydrogen-bond donors (Lipinski definition) is 3. The van der Waals surface area contributed by atoms with E-state index in [4.69, 9.17) is 0 Å². The average Bonchev–Trinajstić information content (AvgIpc) is 3.07. The van der Waals surface area contributed by atoms with Gasteiger partial charge in [-0.1, -0.05) is 12.1 Å². The number of aromatic nitrogens is 3. The zero-order valence-corrected chi connectivity index (χ0v) is 14.4. The molecule has 0 aliphatic carbocycles. The van der Waals surface area contributed by atoms with E-state index < -0.39 is 0 Å². The maximum atomic E-state index is 12.1. The molecule has 1 aliphatic heterocycles. The lowest BCUT2D eigenvalue weighted by Crippen LogP contribution is -2.37. The summed E-state index contributed by atoms with van der Waals surface area (Å²) in [4.78, 5) is 23.5. The predicted octanol–water partition coefficient (Wildman–Crippen LogP) is 1.74. The molecule has 8 nitrogen and oxygen atoms in total. The summed E-state index contributed by atoms with van der Waals surface area (Å²) in [5.74, 6) is 0.764. The third-order valence-corrected chi connectivity index (χ3v) is 4.32. The largest absolute Gasteiger partial charge is 0.332 e. The van der Waals surface area contributed by atoms with E-state index in [-0.39, 0.29) is 18.0 Å². The van der Waals surface area contributed by atoms with Gasteiger partial charge in [0.1, 0.15) is 6.33 Å². The van der Waals surface area contributed by atoms with Crippen LogP contribution in [0.1, 0.15) is 43.3 Å². The molecule has 1 aromatic heterocycles. The number of urea groups is 1. The Bertz CT molecular complexity index is 785. The summed E-state index contributed by atoms with van der Waals surface area (Å²) in [7, 11) is 0. The molecule has 1 aromatic carbocycles. The molecule has 25 heavy (non-hydrogen) atoms. The first-order valence-electron chi connectivity index (χ1n) is 8.40. The summed E-state index contributed by atoms with van der Waals surface area (Å²) in [6, 6.07) is 5.44. The molecule has 2 heterocycles. The highest BCUT2D eigenvalue weighted by Gasteiger charge is 2.17. The van der Waals surface area contributed by atoms with Crippen molar-refractivity contribution >= 4 is 17.6 Å². The van der Waals surface area contributed by atoms with Crippen molar-refractivity contribution in [1.82, 2.24) is 25.4 Å². The maximum absolute atomic E-state index is 12.1. The Labute approximate surface area is 146 Å². The zero-order chi connectivity index (χ0) is 17.8. The van der Waals surface area contributed by atoms with Crippen LogP contribution in [0.25, 0.3) is 0 Å². The van der Waals surface area contributed by atoms with Gasteiger partial charge >= 0.3 is 6.03 Å². The Balaban J connectivity index is 1.57. The minimum atomic E-state index is -0.260. The molecule has 3 rings (SSSR count). The lowest BCUT2D eigenvalue weighted by Gasteiger charge is -2.20. The van der Waals surface area contributed by atoms with Gasteiger partial charge in [-0.25, -0.2) is 4.79 Å². The van der Waals surface area contributed by atoms with Gasteiger partial charge in [0.25, 0.3) is 0 Å². The predicted molar refractivity (Wildman–Crippen MR) is 92.9 cm³/mol. The number of benzene rings is 1. The molecule has 0 unspecified atom stereocenters. The number of rotatable bonds is 5. The standard InChI is InChI=1S/C17H22N6O2/c1-3-23-10-19-22-15(23)9-18-17(25)20-11(2)12-4-6-14-13(8-12)5-7-16(24)21-14/h4,6,8,10-11H,3,5,7,9H2,1-2H3,(H,21,24)(H2,18,20,25)/t11-/m0/s1. The Morgan fingerprint density at radius 2 is 2.24 bits per heavy atom. The number of carbonyl (C=O) groups excluding carboxylic acids is 2. The van der Waals surface area contributed by atoms with Crippen molar-refractivity contribution in [3.8, 4) is 0 Å². The Hall–Kier alpha value is -2.90. The van der Waals surface area contributed by atoms with Gasteiger partial charge < -0.3 is 20.5 Å². The number of aryl methyl sites for hydroxylation is 2. The fourth-order valence-corrected chi connectivity index (χ4v) is 2.84. The molecule has 1 aliphatic rings. The summed E-state index contributed by atoms with van der Waals surface area (Å²) < 4.78 is 1.88. The van der Waals surface area contributed by atoms with Crippen molar-refractivity contribution < 1.29 is 9.59 Å². The minimum Gasteiger partial charge on any atom is -0.332 e. The molecule has 3 amide bonds. The molecule has 0 fully saturated rings. The van der Waals surface area contributed by atoms with E-state index >= 15 is 0 Å². The second kappa shape index (κ2) is 7.33. The maximum Gasteiger partial charge on any atom is 0.315 e. The monoisotopic (exact) mass is 342 g/mol. The van der Waals surface area contributed by atoms with E-state index in [0.717, 1.165) is 35.6 Å². The van der Waals surface area contributed by atoms with E-state index in [2.05, 4.69) is 26.1 Å². The quantitative estimate of drug-likeness (QED) is 0.770. The number of carbonyl (C=O) groups is 2. The normalized spacial score (nSPS) is 14.4. The first kappa shape index (κ1) is 16.9. The average molecular weight is 342 g/mol. The number of nitrogens with one attached hydrogen (secondary N) is 3. The summed E-state index contributed by atoms with van der Waals surface area (Å²) in [5.41, 5.74) is 2.96. The number of amides is 3. The van der Waals surface area contributed by atoms with Crippen molar-refractivity contribution in [3.63, 3.8) is 0 Å². The molecule has 2 aromatic rings. The van der Waals surface area contributed by atoms with E-state index in [1.54, 1.807) is 6.33 Å². The van der Waals surface area contributed by atoms with Gasteiger partial charge in [-0.15, -0.1) is 10.2 Å². The Morgan fingerprint density at radius 3 is 3.04 bits per heavy atom. The van der Waals surface area contributed by atoms with Gasteiger partial charge in [-0.2, -0.15) is 0 Å². The van der Waals surface area contributed by atoms with Crippen LogP contribution < -0.4 is 16.0 Å². The third-order valence-electron chi connectivity index (χ3n) is 4.32. The van der Waals surface area contributed by atoms with Crippen molar-refractivity contribution in [1.29, 1.82) is 0 Å². The van der Waals surface area contributed by atoms with Crippen LogP contribution in [0.2, 0.25) is 0 Å². The first-order chi connectivity index (χ1) is 12.1. The Kier molecular flexibility index (Phi) is 4.97. The van der Waals surface area contributed by atoms with E-state index in [0.29, 0.717) is 13.0 Å². The van der Waals surface area contributed by atoms with Crippen LogP contribution in [-0.2, 0) is 24.3 Å². The molecule has 132 valence electrons. The number of hydrogen-bond acceptors (Lipinski definition) is 4. The fourth-order valence-electron chi connectivity index (χ4n) is 2.84. The molecule has 1 atom stereocenters. The van der Waals surface area contributed by atoms with Crippen LogP contribution in [0, 0.1) is 0 Å². The minimum absolute atomic E-state index is 0.0470. The highest BCUT2D eigenvalue weighted by molar-refractivity contribution is 5.93. The summed E-state index contributed by atoms with van der Waals surface area (Å²) in [6.07, 6.45) is 2.86. The summed E-state index contributed by atoms with van der Waals surface area (Å²) in [5, 5.41) is 16.4. The molecule has 8 heteroatoms. The van der Waals surface area contributed by atoms with Gasteiger partial charge in [0.2, 0.25) is 5.91 Å². The van der Waals surface area contributed by atoms with Gasteiger partial charge in [0, 0.05) is 18.7 Å². The molecule has 3 N–H and O–H groups in total. The lowest BCUT2D eigenvalue weighted by molar-refractivity contribution is -0.116. The lowest BCUT2D eigenvalue weighted by atomic mass is 9.98. The number of nitrogens with zero attached hydrogens (tertiary/aromatic N) is 3. The van der Waals surface area contributed by atoms with Crippen molar-refractivity contribution in [3.05, 3.63) is 41.5 Å². The van der Waals surface area contributed by atoms with Gasteiger partial charge in [-0.3, -0.25) is 4.79 Å². The van der Waals surface area contributed by atoms with Crippen molar-refractivity contribution in [2.45, 2.75) is 45.8 Å². The zero-order valence-electron chi connectivity index (χ0n) is 14.4. The summed E-state index contributed by atoms with van der Waals surface area (Å²) in [6.45, 7) is 5.00. The van der Waals surface area contributed by atoms with Crippen LogP contribution in [0.3, 0.4) is 0 Å². The summed E-state index contributed by atoms with van der Waals surface area (Å²) >= 11 is 0. The van der Waals surface area contributed by atoms with Gasteiger partial charge in [-0.05, 0) is 37.5 Å². The molecule has 0 spiro atoms. The van der Waals surface area contributed by atoms with Gasteiger partial charge in [0.05, 0.1) is 12.6 Å². The molecular formula is C17H22N6O2. The fraction of sp³-hybridized carbons (Fsp3) is 0.412. The number of anilines is 1. The van der Waals surface area contributed by atoms with Crippen LogP contribution in [0.15, 0.2) is 24.5 Å². The van der Waals surface area contributed by atoms with Crippen molar-refractivity contribution in [2.75, 3.05) is 5.32 Å². The smallest absolute Gasteiger partial charge is 0.315 e. The second-order valence-electron chi connectivity index (χ2n) is 6.05. The topological polar surface area (TPSA) is 101 Å². The van der Waals surface area contributed by atoms with E-state index in [1.807, 2.05) is 36.6 Å². The molecular weight excluding hydrogens is 320 g/mol. The second-order valence-corrected chi connectivity index (χ2v) is 6.05. The first-order valence-corrected chi connectivity index (χ1v) is 8.40. The molecule has 0 radical (unpaired) electrons. The highest BCUT2D eigenvalue weighted by atomic mass is 16.2. The SMILES string of the molecule is CCn1cnnc1CNC(=O)N[C@@H](C)c1ccc2c(c1)CCC(=O)N2. The van der Waals surface area contributed by atoms with E-state index in [9.17, 15) is 9.59 Å². The van der Waals surface area contributed by atoms with Crippen molar-refractivity contribution in [2.24, 2.45) is 0 Å². The van der Waals surface area contributed by atoms with Crippen LogP contribution in [0.5, 0.6) is 0 Å². The number of fused-ring (bicyclic) bond motifs is 1. The third kappa shape index (κ3) is 3.96. The van der Waals surface area contributed by atoms with E-state index in [1.165, 1.54) is 0 Å². The molecule has 0 saturated heterocycles.